The molecule has 1 N–H and O–H groups in total. The van der Waals surface area contributed by atoms with Crippen LogP contribution < -0.4 is 5.32 Å². The largest absolute Gasteiger partial charge is 0.355 e. The minimum atomic E-state index is -0.135. The molecule has 0 aromatic carbocycles. The van der Waals surface area contributed by atoms with Crippen molar-refractivity contribution in [3.05, 3.63) is 0 Å². The van der Waals surface area contributed by atoms with Gasteiger partial charge in [0.2, 0.25) is 11.8 Å². The van der Waals surface area contributed by atoms with Crippen molar-refractivity contribution >= 4 is 11.8 Å². The third-order valence-corrected chi connectivity index (χ3v) is 5.23. The van der Waals surface area contributed by atoms with E-state index in [9.17, 15) is 9.59 Å². The standard InChI is InChI=1S/C16H27N3O2/c1-18(13-6-7-13)9-8-17-16(21)12-10-15(20)19(11-12)14-4-2-3-5-14/h12-14H,2-11H2,1H3,(H,17,21). The normalized spacial score (nSPS) is 26.9. The summed E-state index contributed by atoms with van der Waals surface area (Å²) in [6.45, 7) is 2.23. The summed E-state index contributed by atoms with van der Waals surface area (Å²) in [5.41, 5.74) is 0. The molecule has 1 heterocycles. The molecular weight excluding hydrogens is 266 g/mol. The van der Waals surface area contributed by atoms with Gasteiger partial charge in [-0.25, -0.2) is 0 Å². The second-order valence-corrected chi connectivity index (χ2v) is 6.89. The monoisotopic (exact) mass is 293 g/mol. The summed E-state index contributed by atoms with van der Waals surface area (Å²) < 4.78 is 0. The lowest BCUT2D eigenvalue weighted by Gasteiger charge is -2.24. The lowest BCUT2D eigenvalue weighted by Crippen LogP contribution is -2.39. The Bertz CT molecular complexity index is 402. The first-order chi connectivity index (χ1) is 10.1. The van der Waals surface area contributed by atoms with E-state index in [-0.39, 0.29) is 17.7 Å². The first kappa shape index (κ1) is 14.8. The third kappa shape index (κ3) is 3.57. The molecule has 2 aliphatic carbocycles. The number of amides is 2. The summed E-state index contributed by atoms with van der Waals surface area (Å²) in [4.78, 5) is 28.6. The maximum atomic E-state index is 12.2. The quantitative estimate of drug-likeness (QED) is 0.794. The molecule has 3 fully saturated rings. The van der Waals surface area contributed by atoms with Crippen LogP contribution in [0.1, 0.15) is 44.9 Å². The lowest BCUT2D eigenvalue weighted by atomic mass is 10.1. The summed E-state index contributed by atoms with van der Waals surface area (Å²) >= 11 is 0. The Morgan fingerprint density at radius 1 is 1.29 bits per heavy atom. The van der Waals surface area contributed by atoms with Crippen molar-refractivity contribution in [1.82, 2.24) is 15.1 Å². The van der Waals surface area contributed by atoms with Crippen LogP contribution in [0.4, 0.5) is 0 Å². The van der Waals surface area contributed by atoms with Crippen molar-refractivity contribution in [2.75, 3.05) is 26.7 Å². The first-order valence-electron chi connectivity index (χ1n) is 8.42. The van der Waals surface area contributed by atoms with E-state index < -0.39 is 0 Å². The Morgan fingerprint density at radius 2 is 2.00 bits per heavy atom. The number of nitrogens with zero attached hydrogens (tertiary/aromatic N) is 2. The number of nitrogens with one attached hydrogen (secondary N) is 1. The van der Waals surface area contributed by atoms with E-state index in [0.717, 1.165) is 25.4 Å². The van der Waals surface area contributed by atoms with Gasteiger partial charge >= 0.3 is 0 Å². The van der Waals surface area contributed by atoms with Crippen molar-refractivity contribution in [2.24, 2.45) is 5.92 Å². The average molecular weight is 293 g/mol. The minimum absolute atomic E-state index is 0.0630. The number of rotatable bonds is 6. The van der Waals surface area contributed by atoms with Gasteiger partial charge in [0, 0.05) is 38.1 Å². The van der Waals surface area contributed by atoms with E-state index in [0.29, 0.717) is 25.6 Å². The molecule has 0 bridgehead atoms. The van der Waals surface area contributed by atoms with Crippen molar-refractivity contribution in [3.63, 3.8) is 0 Å². The highest BCUT2D eigenvalue weighted by atomic mass is 16.2. The molecule has 0 spiro atoms. The van der Waals surface area contributed by atoms with Crippen LogP contribution in [0, 0.1) is 5.92 Å². The number of hydrogen-bond acceptors (Lipinski definition) is 3. The van der Waals surface area contributed by atoms with E-state index >= 15 is 0 Å². The molecule has 118 valence electrons. The zero-order valence-electron chi connectivity index (χ0n) is 13.0. The molecule has 0 radical (unpaired) electrons. The van der Waals surface area contributed by atoms with Gasteiger partial charge < -0.3 is 15.1 Å². The summed E-state index contributed by atoms with van der Waals surface area (Å²) in [6.07, 6.45) is 7.66. The third-order valence-electron chi connectivity index (χ3n) is 5.23. The molecule has 3 rings (SSSR count). The maximum absolute atomic E-state index is 12.2. The van der Waals surface area contributed by atoms with Gasteiger partial charge in [0.15, 0.2) is 0 Å². The average Bonchev–Trinajstić information content (AvgIpc) is 3.04. The van der Waals surface area contributed by atoms with Gasteiger partial charge in [-0.05, 0) is 32.7 Å². The molecule has 21 heavy (non-hydrogen) atoms. The van der Waals surface area contributed by atoms with Crippen LogP contribution in [-0.2, 0) is 9.59 Å². The topological polar surface area (TPSA) is 52.7 Å². The molecule has 0 aromatic heterocycles. The first-order valence-corrected chi connectivity index (χ1v) is 8.42. The van der Waals surface area contributed by atoms with Gasteiger partial charge in [0.05, 0.1) is 5.92 Å². The van der Waals surface area contributed by atoms with Crippen LogP contribution >= 0.6 is 0 Å². The molecule has 3 aliphatic rings. The van der Waals surface area contributed by atoms with Crippen molar-refractivity contribution in [3.8, 4) is 0 Å². The number of likely N-dealkylation sites (tertiary alicyclic amines) is 1. The number of hydrogen-bond donors (Lipinski definition) is 1. The van der Waals surface area contributed by atoms with Gasteiger partial charge in [-0.3, -0.25) is 9.59 Å². The van der Waals surface area contributed by atoms with Gasteiger partial charge in [0.1, 0.15) is 0 Å². The molecule has 1 aliphatic heterocycles. The molecule has 5 heteroatoms. The maximum Gasteiger partial charge on any atom is 0.225 e. The summed E-state index contributed by atoms with van der Waals surface area (Å²) in [5.74, 6) is 0.106. The van der Waals surface area contributed by atoms with Gasteiger partial charge in [0.25, 0.3) is 0 Å². The Kier molecular flexibility index (Phi) is 4.48. The van der Waals surface area contributed by atoms with Crippen molar-refractivity contribution in [2.45, 2.75) is 57.0 Å². The second kappa shape index (κ2) is 6.34. The fourth-order valence-electron chi connectivity index (χ4n) is 3.67. The SMILES string of the molecule is CN(CCNC(=O)C1CC(=O)N(C2CCCC2)C1)C1CC1. The molecular formula is C16H27N3O2. The van der Waals surface area contributed by atoms with E-state index in [4.69, 9.17) is 0 Å². The van der Waals surface area contributed by atoms with E-state index in [2.05, 4.69) is 17.3 Å². The molecule has 5 nitrogen and oxygen atoms in total. The number of likely N-dealkylation sites (N-methyl/N-ethyl adjacent to an activating group) is 1. The van der Waals surface area contributed by atoms with Crippen LogP contribution in [0.5, 0.6) is 0 Å². The Labute approximate surface area is 127 Å². The van der Waals surface area contributed by atoms with Crippen molar-refractivity contribution < 1.29 is 9.59 Å². The molecule has 1 atom stereocenters. The molecule has 0 aromatic rings. The minimum Gasteiger partial charge on any atom is -0.355 e. The predicted molar refractivity (Wildman–Crippen MR) is 80.7 cm³/mol. The molecule has 2 amide bonds. The molecule has 1 unspecified atom stereocenters. The number of carbonyl (C=O) groups excluding carboxylic acids is 2. The summed E-state index contributed by atoms with van der Waals surface area (Å²) in [6, 6.07) is 1.13. The highest BCUT2D eigenvalue weighted by Gasteiger charge is 2.38. The lowest BCUT2D eigenvalue weighted by molar-refractivity contribution is -0.130. The zero-order chi connectivity index (χ0) is 14.8. The Hall–Kier alpha value is -1.10. The fraction of sp³-hybridized carbons (Fsp3) is 0.875. The van der Waals surface area contributed by atoms with Gasteiger partial charge in [-0.1, -0.05) is 12.8 Å². The van der Waals surface area contributed by atoms with Crippen LogP contribution in [0.25, 0.3) is 0 Å². The molecule has 1 saturated heterocycles. The summed E-state index contributed by atoms with van der Waals surface area (Å²) in [5, 5.41) is 3.01. The van der Waals surface area contributed by atoms with Crippen molar-refractivity contribution in [1.29, 1.82) is 0 Å². The van der Waals surface area contributed by atoms with Crippen LogP contribution in [0.3, 0.4) is 0 Å². The summed E-state index contributed by atoms with van der Waals surface area (Å²) in [7, 11) is 2.12. The predicted octanol–water partition coefficient (Wildman–Crippen LogP) is 0.988. The molecule has 2 saturated carbocycles. The second-order valence-electron chi connectivity index (χ2n) is 6.89. The Morgan fingerprint density at radius 3 is 2.67 bits per heavy atom. The van der Waals surface area contributed by atoms with E-state index in [1.165, 1.54) is 25.7 Å². The van der Waals surface area contributed by atoms with Gasteiger partial charge in [-0.2, -0.15) is 0 Å². The van der Waals surface area contributed by atoms with Crippen LogP contribution in [0.2, 0.25) is 0 Å². The highest BCUT2D eigenvalue weighted by Crippen LogP contribution is 2.29. The van der Waals surface area contributed by atoms with Crippen LogP contribution in [-0.4, -0.2) is 60.4 Å². The number of carbonyl (C=O) groups is 2. The zero-order valence-corrected chi connectivity index (χ0v) is 13.0. The van der Waals surface area contributed by atoms with Gasteiger partial charge in [-0.15, -0.1) is 0 Å². The Balaban J connectivity index is 1.41. The van der Waals surface area contributed by atoms with E-state index in [1.54, 1.807) is 0 Å². The highest BCUT2D eigenvalue weighted by molar-refractivity contribution is 5.89. The van der Waals surface area contributed by atoms with Crippen LogP contribution in [0.15, 0.2) is 0 Å². The smallest absolute Gasteiger partial charge is 0.225 e. The fourth-order valence-corrected chi connectivity index (χ4v) is 3.67. The van der Waals surface area contributed by atoms with E-state index in [1.807, 2.05) is 4.90 Å².